The summed E-state index contributed by atoms with van der Waals surface area (Å²) >= 11 is 5.47. The molecule has 14 heavy (non-hydrogen) atoms. The number of hydrogen-bond acceptors (Lipinski definition) is 2. The van der Waals surface area contributed by atoms with E-state index in [2.05, 4.69) is 9.97 Å². The first-order chi connectivity index (χ1) is 6.77. The summed E-state index contributed by atoms with van der Waals surface area (Å²) in [4.78, 5) is 7.60. The smallest absolute Gasteiger partial charge is 0.164 e. The molecule has 0 atom stereocenters. The first-order valence-corrected chi connectivity index (χ1v) is 4.36. The predicted molar refractivity (Wildman–Crippen MR) is 52.4 cm³/mol. The third-order valence-corrected chi connectivity index (χ3v) is 2.09. The van der Waals surface area contributed by atoms with Crippen LogP contribution < -0.4 is 0 Å². The Morgan fingerprint density at radius 1 is 1.14 bits per heavy atom. The number of halogens is 2. The Kier molecular flexibility index (Phi) is 2.41. The lowest BCUT2D eigenvalue weighted by atomic mass is 10.1. The van der Waals surface area contributed by atoms with Crippen LogP contribution in [0.3, 0.4) is 0 Å². The van der Waals surface area contributed by atoms with Gasteiger partial charge in [-0.25, -0.2) is 9.37 Å². The minimum absolute atomic E-state index is 0.109. The Bertz CT molecular complexity index is 445. The molecule has 0 fully saturated rings. The van der Waals surface area contributed by atoms with Gasteiger partial charge in [-0.3, -0.25) is 4.98 Å². The van der Waals surface area contributed by atoms with Gasteiger partial charge in [0.25, 0.3) is 0 Å². The van der Waals surface area contributed by atoms with Gasteiger partial charge in [0.05, 0.1) is 0 Å². The Morgan fingerprint density at radius 3 is 2.50 bits per heavy atom. The van der Waals surface area contributed by atoms with Gasteiger partial charge < -0.3 is 0 Å². The monoisotopic (exact) mass is 208 g/mol. The molecule has 0 spiro atoms. The summed E-state index contributed by atoms with van der Waals surface area (Å²) in [7, 11) is 0. The molecule has 0 bridgehead atoms. The van der Waals surface area contributed by atoms with Crippen molar-refractivity contribution in [3.8, 4) is 11.1 Å². The molecule has 0 aromatic carbocycles. The summed E-state index contributed by atoms with van der Waals surface area (Å²) in [6.45, 7) is 0. The fourth-order valence-electron chi connectivity index (χ4n) is 1.12. The SMILES string of the molecule is Fc1cc(-c2ccncc2)cnc1Cl. The largest absolute Gasteiger partial charge is 0.265 e. The summed E-state index contributed by atoms with van der Waals surface area (Å²) in [6, 6.07) is 4.92. The van der Waals surface area contributed by atoms with Gasteiger partial charge in [-0.05, 0) is 23.8 Å². The standard InChI is InChI=1S/C10H6ClFN2/c11-10-9(12)5-8(6-14-10)7-1-3-13-4-2-7/h1-6H. The van der Waals surface area contributed by atoms with Crippen LogP contribution in [0, 0.1) is 5.82 Å². The van der Waals surface area contributed by atoms with Gasteiger partial charge in [-0.1, -0.05) is 11.6 Å². The number of aromatic nitrogens is 2. The van der Waals surface area contributed by atoms with E-state index in [1.807, 2.05) is 0 Å². The summed E-state index contributed by atoms with van der Waals surface area (Å²) < 4.78 is 13.1. The Labute approximate surface area is 85.4 Å². The first-order valence-electron chi connectivity index (χ1n) is 3.99. The van der Waals surface area contributed by atoms with E-state index in [-0.39, 0.29) is 5.15 Å². The van der Waals surface area contributed by atoms with Gasteiger partial charge in [0, 0.05) is 24.2 Å². The molecule has 0 N–H and O–H groups in total. The van der Waals surface area contributed by atoms with Crippen molar-refractivity contribution < 1.29 is 4.39 Å². The molecule has 0 amide bonds. The van der Waals surface area contributed by atoms with Crippen molar-refractivity contribution >= 4 is 11.6 Å². The van der Waals surface area contributed by atoms with Gasteiger partial charge >= 0.3 is 0 Å². The van der Waals surface area contributed by atoms with E-state index in [0.29, 0.717) is 5.56 Å². The molecule has 0 aliphatic carbocycles. The third kappa shape index (κ3) is 1.72. The molecule has 0 aliphatic heterocycles. The van der Waals surface area contributed by atoms with Gasteiger partial charge in [-0.2, -0.15) is 0 Å². The highest BCUT2D eigenvalue weighted by molar-refractivity contribution is 6.29. The summed E-state index contributed by atoms with van der Waals surface area (Å²) in [6.07, 6.45) is 4.81. The number of hydrogen-bond donors (Lipinski definition) is 0. The Balaban J connectivity index is 2.48. The first kappa shape index (κ1) is 9.09. The van der Waals surface area contributed by atoms with Crippen LogP contribution in [0.4, 0.5) is 4.39 Å². The van der Waals surface area contributed by atoms with Crippen molar-refractivity contribution in [2.75, 3.05) is 0 Å². The van der Waals surface area contributed by atoms with Crippen LogP contribution in [-0.2, 0) is 0 Å². The highest BCUT2D eigenvalue weighted by Crippen LogP contribution is 2.21. The van der Waals surface area contributed by atoms with E-state index < -0.39 is 5.82 Å². The molecule has 0 saturated carbocycles. The number of rotatable bonds is 1. The summed E-state index contributed by atoms with van der Waals surface area (Å²) in [5, 5.41) is -0.109. The van der Waals surface area contributed by atoms with Crippen molar-refractivity contribution in [1.29, 1.82) is 0 Å². The van der Waals surface area contributed by atoms with Crippen molar-refractivity contribution in [3.05, 3.63) is 47.8 Å². The van der Waals surface area contributed by atoms with E-state index in [9.17, 15) is 4.39 Å². The second-order valence-corrected chi connectivity index (χ2v) is 3.09. The average Bonchev–Trinajstić information content (AvgIpc) is 2.23. The second kappa shape index (κ2) is 3.72. The topological polar surface area (TPSA) is 25.8 Å². The van der Waals surface area contributed by atoms with Crippen LogP contribution in [-0.4, -0.2) is 9.97 Å². The highest BCUT2D eigenvalue weighted by Gasteiger charge is 2.03. The minimum atomic E-state index is -0.513. The van der Waals surface area contributed by atoms with Crippen LogP contribution in [0.25, 0.3) is 11.1 Å². The van der Waals surface area contributed by atoms with E-state index >= 15 is 0 Å². The predicted octanol–water partition coefficient (Wildman–Crippen LogP) is 2.94. The van der Waals surface area contributed by atoms with E-state index in [4.69, 9.17) is 11.6 Å². The third-order valence-electron chi connectivity index (χ3n) is 1.81. The fraction of sp³-hybridized carbons (Fsp3) is 0. The fourth-order valence-corrected chi connectivity index (χ4v) is 1.23. The quantitative estimate of drug-likeness (QED) is 0.674. The van der Waals surface area contributed by atoms with Crippen LogP contribution in [0.1, 0.15) is 0 Å². The zero-order valence-corrected chi connectivity index (χ0v) is 7.87. The molecule has 2 rings (SSSR count). The van der Waals surface area contributed by atoms with Crippen LogP contribution >= 0.6 is 11.6 Å². The van der Waals surface area contributed by atoms with Crippen molar-refractivity contribution in [2.45, 2.75) is 0 Å². The van der Waals surface area contributed by atoms with E-state index in [0.717, 1.165) is 5.56 Å². The molecular weight excluding hydrogens is 203 g/mol. The van der Waals surface area contributed by atoms with E-state index in [1.54, 1.807) is 24.5 Å². The maximum atomic E-state index is 13.1. The van der Waals surface area contributed by atoms with Crippen LogP contribution in [0.2, 0.25) is 5.15 Å². The molecule has 0 radical (unpaired) electrons. The molecule has 0 unspecified atom stereocenters. The minimum Gasteiger partial charge on any atom is -0.265 e. The molecule has 70 valence electrons. The molecule has 2 nitrogen and oxygen atoms in total. The van der Waals surface area contributed by atoms with Gasteiger partial charge in [0.1, 0.15) is 0 Å². The molecular formula is C10H6ClFN2. The molecule has 4 heteroatoms. The molecule has 0 aliphatic rings. The maximum Gasteiger partial charge on any atom is 0.164 e. The molecule has 2 heterocycles. The van der Waals surface area contributed by atoms with E-state index in [1.165, 1.54) is 12.3 Å². The number of pyridine rings is 2. The highest BCUT2D eigenvalue weighted by atomic mass is 35.5. The van der Waals surface area contributed by atoms with Crippen LogP contribution in [0.15, 0.2) is 36.8 Å². The van der Waals surface area contributed by atoms with Gasteiger partial charge in [-0.15, -0.1) is 0 Å². The lowest BCUT2D eigenvalue weighted by Crippen LogP contribution is -1.85. The summed E-state index contributed by atoms with van der Waals surface area (Å²) in [5.74, 6) is -0.513. The molecule has 2 aromatic heterocycles. The lowest BCUT2D eigenvalue weighted by Gasteiger charge is -2.00. The average molecular weight is 209 g/mol. The number of nitrogens with zero attached hydrogens (tertiary/aromatic N) is 2. The normalized spacial score (nSPS) is 10.1. The molecule has 0 saturated heterocycles. The zero-order valence-electron chi connectivity index (χ0n) is 7.11. The Morgan fingerprint density at radius 2 is 1.86 bits per heavy atom. The molecule has 2 aromatic rings. The van der Waals surface area contributed by atoms with Crippen LogP contribution in [0.5, 0.6) is 0 Å². The Hall–Kier alpha value is -1.48. The maximum absolute atomic E-state index is 13.1. The zero-order chi connectivity index (χ0) is 9.97. The second-order valence-electron chi connectivity index (χ2n) is 2.73. The van der Waals surface area contributed by atoms with Crippen molar-refractivity contribution in [3.63, 3.8) is 0 Å². The van der Waals surface area contributed by atoms with Gasteiger partial charge in [0.2, 0.25) is 0 Å². The van der Waals surface area contributed by atoms with Crippen molar-refractivity contribution in [1.82, 2.24) is 9.97 Å². The van der Waals surface area contributed by atoms with Crippen molar-refractivity contribution in [2.24, 2.45) is 0 Å². The summed E-state index contributed by atoms with van der Waals surface area (Å²) in [5.41, 5.74) is 1.55. The lowest BCUT2D eigenvalue weighted by molar-refractivity contribution is 0.622. The van der Waals surface area contributed by atoms with Gasteiger partial charge in [0.15, 0.2) is 11.0 Å².